The van der Waals surface area contributed by atoms with Gasteiger partial charge in [0, 0.05) is 10.5 Å². The third-order valence-corrected chi connectivity index (χ3v) is 4.36. The van der Waals surface area contributed by atoms with E-state index in [1.807, 2.05) is 30.3 Å². The maximum atomic E-state index is 6.32. The molecule has 0 saturated carbocycles. The smallest absolute Gasteiger partial charge is 0.122 e. The molecule has 2 aromatic carbocycles. The molecule has 2 N–H and O–H groups in total. The number of methoxy groups -OCH3 is 2. The van der Waals surface area contributed by atoms with E-state index < -0.39 is 0 Å². The minimum absolute atomic E-state index is 0.357. The summed E-state index contributed by atoms with van der Waals surface area (Å²) < 4.78 is 11.3. The molecule has 3 nitrogen and oxygen atoms in total. The van der Waals surface area contributed by atoms with E-state index in [0.717, 1.165) is 15.6 Å². The quantitative estimate of drug-likeness (QED) is 0.894. The Balaban J connectivity index is 2.47. The monoisotopic (exact) mass is 355 g/mol. The maximum absolute atomic E-state index is 6.32. The Morgan fingerprint density at radius 3 is 2.25 bits per heavy atom. The first-order valence-electron chi connectivity index (χ1n) is 5.99. The average molecular weight is 357 g/mol. The van der Waals surface area contributed by atoms with Gasteiger partial charge < -0.3 is 15.2 Å². The van der Waals surface area contributed by atoms with E-state index in [4.69, 9.17) is 26.8 Å². The molecule has 0 saturated heterocycles. The van der Waals surface area contributed by atoms with Gasteiger partial charge in [-0.1, -0.05) is 23.7 Å². The van der Waals surface area contributed by atoms with Gasteiger partial charge in [0.15, 0.2) is 0 Å². The minimum atomic E-state index is -0.357. The molecule has 0 fully saturated rings. The van der Waals surface area contributed by atoms with Crippen molar-refractivity contribution < 1.29 is 9.47 Å². The Morgan fingerprint density at radius 2 is 1.70 bits per heavy atom. The predicted molar refractivity (Wildman–Crippen MR) is 84.7 cm³/mol. The first-order valence-corrected chi connectivity index (χ1v) is 7.16. The van der Waals surface area contributed by atoms with Crippen LogP contribution in [0.5, 0.6) is 11.5 Å². The van der Waals surface area contributed by atoms with Crippen molar-refractivity contribution in [1.82, 2.24) is 0 Å². The Bertz CT molecular complexity index is 597. The molecule has 0 aliphatic carbocycles. The van der Waals surface area contributed by atoms with E-state index in [0.29, 0.717) is 16.5 Å². The van der Waals surface area contributed by atoms with E-state index in [9.17, 15) is 0 Å². The lowest BCUT2D eigenvalue weighted by Gasteiger charge is -2.17. The number of benzene rings is 2. The van der Waals surface area contributed by atoms with Gasteiger partial charge in [0.05, 0.1) is 25.3 Å². The molecule has 5 heteroatoms. The van der Waals surface area contributed by atoms with Crippen LogP contribution in [0.1, 0.15) is 17.2 Å². The summed E-state index contributed by atoms with van der Waals surface area (Å²) in [7, 11) is 3.21. The molecule has 0 aliphatic rings. The van der Waals surface area contributed by atoms with Gasteiger partial charge in [0.1, 0.15) is 11.5 Å². The summed E-state index contributed by atoms with van der Waals surface area (Å²) in [5, 5.41) is 0.613. The first kappa shape index (κ1) is 15.2. The van der Waals surface area contributed by atoms with E-state index in [1.165, 1.54) is 0 Å². The van der Waals surface area contributed by atoms with Crippen LogP contribution in [0.25, 0.3) is 0 Å². The third-order valence-electron chi connectivity index (χ3n) is 3.05. The fourth-order valence-corrected chi connectivity index (χ4v) is 2.57. The standard InChI is InChI=1S/C15H15BrClNO2/c1-19-10-6-9(7-11(8-10)20-2)15(18)12-4-3-5-13(16)14(12)17/h3-8,15H,18H2,1-2H3. The van der Waals surface area contributed by atoms with Crippen LogP contribution in [0.2, 0.25) is 5.02 Å². The van der Waals surface area contributed by atoms with Crippen LogP contribution in [0.4, 0.5) is 0 Å². The van der Waals surface area contributed by atoms with Crippen LogP contribution in [0.15, 0.2) is 40.9 Å². The molecule has 0 heterocycles. The summed E-state index contributed by atoms with van der Waals surface area (Å²) in [6, 6.07) is 10.9. The fourth-order valence-electron chi connectivity index (χ4n) is 1.95. The largest absolute Gasteiger partial charge is 0.497 e. The molecular weight excluding hydrogens is 342 g/mol. The Morgan fingerprint density at radius 1 is 1.10 bits per heavy atom. The van der Waals surface area contributed by atoms with Crippen LogP contribution in [0, 0.1) is 0 Å². The zero-order chi connectivity index (χ0) is 14.7. The zero-order valence-corrected chi connectivity index (χ0v) is 13.5. The molecule has 0 spiro atoms. The van der Waals surface area contributed by atoms with Gasteiger partial charge >= 0.3 is 0 Å². The Kier molecular flexibility index (Phi) is 4.91. The third kappa shape index (κ3) is 3.08. The average Bonchev–Trinajstić information content (AvgIpc) is 2.48. The lowest BCUT2D eigenvalue weighted by Crippen LogP contribution is -2.13. The fraction of sp³-hybridized carbons (Fsp3) is 0.200. The summed E-state index contributed by atoms with van der Waals surface area (Å²) in [4.78, 5) is 0. The number of hydrogen-bond acceptors (Lipinski definition) is 3. The number of nitrogens with two attached hydrogens (primary N) is 1. The lowest BCUT2D eigenvalue weighted by atomic mass is 9.99. The predicted octanol–water partition coefficient (Wildman–Crippen LogP) is 4.17. The summed E-state index contributed by atoms with van der Waals surface area (Å²) >= 11 is 9.70. The van der Waals surface area contributed by atoms with Crippen molar-refractivity contribution in [3.63, 3.8) is 0 Å². The summed E-state index contributed by atoms with van der Waals surface area (Å²) in [6.07, 6.45) is 0. The van der Waals surface area contributed by atoms with Gasteiger partial charge in [-0.05, 0) is 45.3 Å². The molecule has 0 radical (unpaired) electrons. The zero-order valence-electron chi connectivity index (χ0n) is 11.2. The molecule has 1 unspecified atom stereocenters. The molecule has 0 bridgehead atoms. The van der Waals surface area contributed by atoms with Crippen LogP contribution in [-0.4, -0.2) is 14.2 Å². The highest BCUT2D eigenvalue weighted by atomic mass is 79.9. The van der Waals surface area contributed by atoms with E-state index in [2.05, 4.69) is 15.9 Å². The van der Waals surface area contributed by atoms with Crippen molar-refractivity contribution in [3.05, 3.63) is 57.0 Å². The highest BCUT2D eigenvalue weighted by Gasteiger charge is 2.16. The second-order valence-electron chi connectivity index (χ2n) is 4.27. The number of halogens is 2. The molecule has 0 aromatic heterocycles. The molecule has 20 heavy (non-hydrogen) atoms. The van der Waals surface area contributed by atoms with Gasteiger partial charge in [-0.15, -0.1) is 0 Å². The molecular formula is C15H15BrClNO2. The highest BCUT2D eigenvalue weighted by Crippen LogP contribution is 2.34. The number of rotatable bonds is 4. The van der Waals surface area contributed by atoms with Crippen molar-refractivity contribution in [1.29, 1.82) is 0 Å². The summed E-state index contributed by atoms with van der Waals surface area (Å²) in [5.41, 5.74) is 8.04. The number of hydrogen-bond donors (Lipinski definition) is 1. The van der Waals surface area contributed by atoms with Gasteiger partial charge in [0.25, 0.3) is 0 Å². The van der Waals surface area contributed by atoms with Crippen molar-refractivity contribution in [2.75, 3.05) is 14.2 Å². The van der Waals surface area contributed by atoms with Gasteiger partial charge in [-0.3, -0.25) is 0 Å². The van der Waals surface area contributed by atoms with Crippen molar-refractivity contribution in [3.8, 4) is 11.5 Å². The van der Waals surface area contributed by atoms with Crippen LogP contribution in [-0.2, 0) is 0 Å². The minimum Gasteiger partial charge on any atom is -0.497 e. The SMILES string of the molecule is COc1cc(OC)cc(C(N)c2cccc(Br)c2Cl)c1. The second-order valence-corrected chi connectivity index (χ2v) is 5.50. The van der Waals surface area contributed by atoms with Crippen molar-refractivity contribution >= 4 is 27.5 Å². The summed E-state index contributed by atoms with van der Waals surface area (Å²) in [5.74, 6) is 1.39. The summed E-state index contributed by atoms with van der Waals surface area (Å²) in [6.45, 7) is 0. The molecule has 2 rings (SSSR count). The highest BCUT2D eigenvalue weighted by molar-refractivity contribution is 9.10. The lowest BCUT2D eigenvalue weighted by molar-refractivity contribution is 0.393. The Labute approximate surface area is 131 Å². The normalized spacial score (nSPS) is 12.1. The number of ether oxygens (including phenoxy) is 2. The molecule has 0 amide bonds. The van der Waals surface area contributed by atoms with Gasteiger partial charge in [-0.2, -0.15) is 0 Å². The van der Waals surface area contributed by atoms with E-state index >= 15 is 0 Å². The molecule has 0 aliphatic heterocycles. The van der Waals surface area contributed by atoms with Crippen LogP contribution < -0.4 is 15.2 Å². The van der Waals surface area contributed by atoms with Crippen molar-refractivity contribution in [2.24, 2.45) is 5.73 Å². The van der Waals surface area contributed by atoms with Crippen LogP contribution >= 0.6 is 27.5 Å². The van der Waals surface area contributed by atoms with Gasteiger partial charge in [0.2, 0.25) is 0 Å². The first-order chi connectivity index (χ1) is 9.56. The van der Waals surface area contributed by atoms with Crippen molar-refractivity contribution in [2.45, 2.75) is 6.04 Å². The molecule has 2 aromatic rings. The maximum Gasteiger partial charge on any atom is 0.122 e. The van der Waals surface area contributed by atoms with Gasteiger partial charge in [-0.25, -0.2) is 0 Å². The molecule has 106 valence electrons. The van der Waals surface area contributed by atoms with E-state index in [-0.39, 0.29) is 6.04 Å². The second kappa shape index (κ2) is 6.48. The Hall–Kier alpha value is -1.23. The topological polar surface area (TPSA) is 44.5 Å². The van der Waals surface area contributed by atoms with Crippen LogP contribution in [0.3, 0.4) is 0 Å². The van der Waals surface area contributed by atoms with E-state index in [1.54, 1.807) is 20.3 Å². The molecule has 1 atom stereocenters.